The van der Waals surface area contributed by atoms with Crippen LogP contribution < -0.4 is 10.6 Å². The largest absolute Gasteiger partial charge is 0.368 e. The number of nitrogens with zero attached hydrogens (tertiary/aromatic N) is 2. The molecule has 0 atom stereocenters. The van der Waals surface area contributed by atoms with Crippen LogP contribution >= 0.6 is 0 Å². The molecule has 98 valence electrons. The summed E-state index contributed by atoms with van der Waals surface area (Å²) in [4.78, 5) is 11.6. The fourth-order valence-electron chi connectivity index (χ4n) is 1.82. The Balaban J connectivity index is 1.63. The van der Waals surface area contributed by atoms with Gasteiger partial charge in [-0.3, -0.25) is 4.79 Å². The highest BCUT2D eigenvalue weighted by atomic mass is 16.5. The summed E-state index contributed by atoms with van der Waals surface area (Å²) >= 11 is 0. The van der Waals surface area contributed by atoms with Gasteiger partial charge in [-0.15, -0.1) is 0 Å². The minimum atomic E-state index is -0.112. The molecule has 1 aromatic rings. The van der Waals surface area contributed by atoms with Crippen molar-refractivity contribution in [3.05, 3.63) is 24.0 Å². The molecule has 2 heterocycles. The summed E-state index contributed by atoms with van der Waals surface area (Å²) in [7, 11) is 0. The number of aromatic nitrogens is 2. The van der Waals surface area contributed by atoms with Gasteiger partial charge in [0, 0.05) is 6.20 Å². The summed E-state index contributed by atoms with van der Waals surface area (Å²) < 4.78 is 5.55. The fourth-order valence-corrected chi connectivity index (χ4v) is 1.82. The van der Waals surface area contributed by atoms with Gasteiger partial charge < -0.3 is 15.4 Å². The lowest BCUT2D eigenvalue weighted by Crippen LogP contribution is -2.35. The molecule has 0 unspecified atom stereocenters. The molecule has 1 aliphatic rings. The normalized spacial score (nSPS) is 16.4. The first-order valence-corrected chi connectivity index (χ1v) is 6.20. The number of hydrogen-bond donors (Lipinski definition) is 2. The van der Waals surface area contributed by atoms with E-state index in [1.165, 1.54) is 0 Å². The highest BCUT2D eigenvalue weighted by Gasteiger charge is 2.14. The number of hydrogen-bond acceptors (Lipinski definition) is 5. The third kappa shape index (κ3) is 4.38. The predicted molar refractivity (Wildman–Crippen MR) is 65.7 cm³/mol. The van der Waals surface area contributed by atoms with Gasteiger partial charge in [-0.2, -0.15) is 10.2 Å². The van der Waals surface area contributed by atoms with E-state index in [4.69, 9.17) is 4.74 Å². The van der Waals surface area contributed by atoms with Gasteiger partial charge in [0.1, 0.15) is 6.61 Å². The lowest BCUT2D eigenvalue weighted by molar-refractivity contribution is -0.128. The van der Waals surface area contributed by atoms with Crippen molar-refractivity contribution in [1.82, 2.24) is 20.8 Å². The summed E-state index contributed by atoms with van der Waals surface area (Å²) in [6.45, 7) is 2.44. The SMILES string of the molecule is O=C(COC1CCNCC1)NCc1cccnn1. The second kappa shape index (κ2) is 7.03. The van der Waals surface area contributed by atoms with Gasteiger partial charge in [-0.25, -0.2) is 0 Å². The summed E-state index contributed by atoms with van der Waals surface area (Å²) in [6, 6.07) is 3.61. The van der Waals surface area contributed by atoms with E-state index in [0.717, 1.165) is 31.6 Å². The number of carbonyl (C=O) groups excluding carboxylic acids is 1. The molecule has 0 aliphatic carbocycles. The number of amides is 1. The summed E-state index contributed by atoms with van der Waals surface area (Å²) in [6.07, 6.45) is 3.74. The van der Waals surface area contributed by atoms with Gasteiger partial charge in [0.25, 0.3) is 0 Å². The van der Waals surface area contributed by atoms with E-state index in [1.54, 1.807) is 12.3 Å². The Kier molecular flexibility index (Phi) is 5.04. The molecular formula is C12H18N4O2. The minimum absolute atomic E-state index is 0.112. The first-order valence-electron chi connectivity index (χ1n) is 6.20. The molecule has 1 saturated heterocycles. The van der Waals surface area contributed by atoms with Crippen molar-refractivity contribution in [3.63, 3.8) is 0 Å². The second-order valence-electron chi connectivity index (χ2n) is 4.25. The number of piperidine rings is 1. The molecule has 6 heteroatoms. The first-order chi connectivity index (χ1) is 8.84. The van der Waals surface area contributed by atoms with Gasteiger partial charge in [0.15, 0.2) is 0 Å². The molecule has 1 fully saturated rings. The van der Waals surface area contributed by atoms with Crippen LogP contribution in [-0.4, -0.2) is 41.9 Å². The van der Waals surface area contributed by atoms with E-state index in [0.29, 0.717) is 6.54 Å². The van der Waals surface area contributed by atoms with Crippen molar-refractivity contribution < 1.29 is 9.53 Å². The van der Waals surface area contributed by atoms with Crippen LogP contribution in [0.15, 0.2) is 18.3 Å². The lowest BCUT2D eigenvalue weighted by Gasteiger charge is -2.22. The molecule has 1 aromatic heterocycles. The van der Waals surface area contributed by atoms with Gasteiger partial charge in [0.2, 0.25) is 5.91 Å². The average Bonchev–Trinajstić information content (AvgIpc) is 2.45. The van der Waals surface area contributed by atoms with Crippen molar-refractivity contribution in [2.75, 3.05) is 19.7 Å². The standard InChI is InChI=1S/C12H18N4O2/c17-12(9-18-11-3-6-13-7-4-11)14-8-10-2-1-5-15-16-10/h1-2,5,11,13H,3-4,6-9H2,(H,14,17). The average molecular weight is 250 g/mol. The van der Waals surface area contributed by atoms with E-state index in [9.17, 15) is 4.79 Å². The number of carbonyl (C=O) groups is 1. The van der Waals surface area contributed by atoms with Crippen molar-refractivity contribution in [2.45, 2.75) is 25.5 Å². The Hall–Kier alpha value is -1.53. The van der Waals surface area contributed by atoms with Gasteiger partial charge in [0.05, 0.1) is 18.3 Å². The van der Waals surface area contributed by atoms with E-state index in [1.807, 2.05) is 6.07 Å². The van der Waals surface area contributed by atoms with E-state index >= 15 is 0 Å². The highest BCUT2D eigenvalue weighted by Crippen LogP contribution is 2.06. The fraction of sp³-hybridized carbons (Fsp3) is 0.583. The van der Waals surface area contributed by atoms with Crippen LogP contribution in [0.4, 0.5) is 0 Å². The maximum Gasteiger partial charge on any atom is 0.246 e. The predicted octanol–water partition coefficient (Wildman–Crippen LogP) is -0.139. The Labute approximate surface area is 106 Å². The van der Waals surface area contributed by atoms with Crippen LogP contribution in [0.1, 0.15) is 18.5 Å². The molecule has 0 radical (unpaired) electrons. The number of nitrogens with one attached hydrogen (secondary N) is 2. The van der Waals surface area contributed by atoms with E-state index in [2.05, 4.69) is 20.8 Å². The third-order valence-corrected chi connectivity index (χ3v) is 2.83. The van der Waals surface area contributed by atoms with Crippen LogP contribution in [0.3, 0.4) is 0 Å². The smallest absolute Gasteiger partial charge is 0.246 e. The van der Waals surface area contributed by atoms with Gasteiger partial charge >= 0.3 is 0 Å². The second-order valence-corrected chi connectivity index (χ2v) is 4.25. The molecule has 6 nitrogen and oxygen atoms in total. The Morgan fingerprint density at radius 2 is 2.33 bits per heavy atom. The quantitative estimate of drug-likeness (QED) is 0.761. The van der Waals surface area contributed by atoms with E-state index < -0.39 is 0 Å². The maximum absolute atomic E-state index is 11.6. The molecular weight excluding hydrogens is 232 g/mol. The molecule has 0 aromatic carbocycles. The minimum Gasteiger partial charge on any atom is -0.368 e. The monoisotopic (exact) mass is 250 g/mol. The summed E-state index contributed by atoms with van der Waals surface area (Å²) in [5.74, 6) is -0.112. The first kappa shape index (κ1) is 12.9. The summed E-state index contributed by atoms with van der Waals surface area (Å²) in [5.41, 5.74) is 0.743. The van der Waals surface area contributed by atoms with Gasteiger partial charge in [-0.1, -0.05) is 0 Å². The zero-order chi connectivity index (χ0) is 12.6. The van der Waals surface area contributed by atoms with Crippen LogP contribution in [0, 0.1) is 0 Å². The molecule has 1 aliphatic heterocycles. The topological polar surface area (TPSA) is 76.1 Å². The van der Waals surface area contributed by atoms with Crippen molar-refractivity contribution in [2.24, 2.45) is 0 Å². The summed E-state index contributed by atoms with van der Waals surface area (Å²) in [5, 5.41) is 13.6. The Bertz CT molecular complexity index is 366. The van der Waals surface area contributed by atoms with Crippen LogP contribution in [-0.2, 0) is 16.1 Å². The lowest BCUT2D eigenvalue weighted by atomic mass is 10.1. The Morgan fingerprint density at radius 1 is 1.50 bits per heavy atom. The molecule has 18 heavy (non-hydrogen) atoms. The van der Waals surface area contributed by atoms with Crippen LogP contribution in [0.25, 0.3) is 0 Å². The molecule has 2 N–H and O–H groups in total. The molecule has 0 bridgehead atoms. The third-order valence-electron chi connectivity index (χ3n) is 2.83. The zero-order valence-corrected chi connectivity index (χ0v) is 10.3. The molecule has 0 spiro atoms. The van der Waals surface area contributed by atoms with E-state index in [-0.39, 0.29) is 18.6 Å². The Morgan fingerprint density at radius 3 is 3.06 bits per heavy atom. The highest BCUT2D eigenvalue weighted by molar-refractivity contribution is 5.77. The number of rotatable bonds is 5. The molecule has 0 saturated carbocycles. The van der Waals surface area contributed by atoms with Crippen molar-refractivity contribution in [1.29, 1.82) is 0 Å². The van der Waals surface area contributed by atoms with Gasteiger partial charge in [-0.05, 0) is 38.1 Å². The number of ether oxygens (including phenoxy) is 1. The van der Waals surface area contributed by atoms with Crippen LogP contribution in [0.5, 0.6) is 0 Å². The molecule has 1 amide bonds. The van der Waals surface area contributed by atoms with Crippen molar-refractivity contribution >= 4 is 5.91 Å². The maximum atomic E-state index is 11.6. The van der Waals surface area contributed by atoms with Crippen molar-refractivity contribution in [3.8, 4) is 0 Å². The van der Waals surface area contributed by atoms with Crippen LogP contribution in [0.2, 0.25) is 0 Å². The zero-order valence-electron chi connectivity index (χ0n) is 10.3. The molecule has 2 rings (SSSR count).